The fraction of sp³-hybridized carbons (Fsp3) is 0.273. The third-order valence-electron chi connectivity index (χ3n) is 4.54. The van der Waals surface area contributed by atoms with Gasteiger partial charge in [0.15, 0.2) is 10.6 Å². The zero-order valence-corrected chi connectivity index (χ0v) is 17.8. The van der Waals surface area contributed by atoms with Crippen molar-refractivity contribution >= 4 is 23.8 Å². The molecule has 0 aliphatic carbocycles. The van der Waals surface area contributed by atoms with E-state index in [4.69, 9.17) is 22.2 Å². The Morgan fingerprint density at radius 2 is 2.07 bits per heavy atom. The summed E-state index contributed by atoms with van der Waals surface area (Å²) in [6, 6.07) is 17.2. The standard InChI is InChI=1S/C22H23N5O2S/c1-3-29-19-10-8-18(9-11-19)26(13-5-12-23)20(28)15-27-21(24-25-22(27)30)17-7-4-6-16(2)14-17/h4,6-11,14H,3,5,13,15H2,1-2H3,(H,25,30). The maximum atomic E-state index is 13.2. The van der Waals surface area contributed by atoms with Crippen LogP contribution in [-0.4, -0.2) is 33.8 Å². The fourth-order valence-corrected chi connectivity index (χ4v) is 3.33. The lowest BCUT2D eigenvalue weighted by molar-refractivity contribution is -0.119. The predicted molar refractivity (Wildman–Crippen MR) is 118 cm³/mol. The summed E-state index contributed by atoms with van der Waals surface area (Å²) in [5.74, 6) is 1.15. The Hall–Kier alpha value is -3.44. The van der Waals surface area contributed by atoms with Crippen LogP contribution in [0.5, 0.6) is 5.75 Å². The molecule has 2 aromatic carbocycles. The van der Waals surface area contributed by atoms with Gasteiger partial charge in [-0.15, -0.1) is 0 Å². The first-order valence-corrected chi connectivity index (χ1v) is 10.1. The Bertz CT molecular complexity index is 1110. The summed E-state index contributed by atoms with van der Waals surface area (Å²) in [6.07, 6.45) is 0.223. The molecule has 0 atom stereocenters. The van der Waals surface area contributed by atoms with Gasteiger partial charge in [0.1, 0.15) is 12.3 Å². The number of carbonyl (C=O) groups is 1. The second-order valence-corrected chi connectivity index (χ2v) is 7.08. The predicted octanol–water partition coefficient (Wildman–Crippen LogP) is 4.26. The highest BCUT2D eigenvalue weighted by Gasteiger charge is 2.19. The van der Waals surface area contributed by atoms with Crippen molar-refractivity contribution < 1.29 is 9.53 Å². The third-order valence-corrected chi connectivity index (χ3v) is 4.85. The smallest absolute Gasteiger partial charge is 0.247 e. The number of H-pyrrole nitrogens is 1. The lowest BCUT2D eigenvalue weighted by atomic mass is 10.1. The zero-order valence-electron chi connectivity index (χ0n) is 17.0. The van der Waals surface area contributed by atoms with E-state index >= 15 is 0 Å². The molecule has 0 saturated carbocycles. The molecule has 0 fully saturated rings. The number of hydrogen-bond acceptors (Lipinski definition) is 5. The van der Waals surface area contributed by atoms with Gasteiger partial charge in [0.25, 0.3) is 0 Å². The number of benzene rings is 2. The van der Waals surface area contributed by atoms with Crippen molar-refractivity contribution in [2.45, 2.75) is 26.8 Å². The van der Waals surface area contributed by atoms with E-state index in [1.165, 1.54) is 0 Å². The topological polar surface area (TPSA) is 86.9 Å². The Balaban J connectivity index is 1.89. The molecular formula is C22H23N5O2S. The number of nitriles is 1. The van der Waals surface area contributed by atoms with Crippen LogP contribution in [0.15, 0.2) is 48.5 Å². The van der Waals surface area contributed by atoms with Crippen molar-refractivity contribution in [3.05, 3.63) is 58.9 Å². The molecule has 7 nitrogen and oxygen atoms in total. The molecular weight excluding hydrogens is 398 g/mol. The van der Waals surface area contributed by atoms with Gasteiger partial charge in [-0.3, -0.25) is 14.5 Å². The van der Waals surface area contributed by atoms with Gasteiger partial charge >= 0.3 is 0 Å². The Labute approximate surface area is 180 Å². The summed E-state index contributed by atoms with van der Waals surface area (Å²) >= 11 is 5.37. The molecule has 0 spiro atoms. The molecule has 30 heavy (non-hydrogen) atoms. The molecule has 0 aliphatic heterocycles. The summed E-state index contributed by atoms with van der Waals surface area (Å²) in [5, 5.41) is 16.1. The maximum Gasteiger partial charge on any atom is 0.247 e. The monoisotopic (exact) mass is 421 g/mol. The average Bonchev–Trinajstić information content (AvgIpc) is 3.10. The normalized spacial score (nSPS) is 10.4. The first-order chi connectivity index (χ1) is 14.5. The third kappa shape index (κ3) is 4.93. The molecule has 0 unspecified atom stereocenters. The number of aromatic amines is 1. The van der Waals surface area contributed by atoms with E-state index in [2.05, 4.69) is 16.3 Å². The molecule has 3 aromatic rings. The van der Waals surface area contributed by atoms with Crippen molar-refractivity contribution in [2.24, 2.45) is 0 Å². The van der Waals surface area contributed by atoms with Crippen molar-refractivity contribution in [1.29, 1.82) is 5.26 Å². The van der Waals surface area contributed by atoms with Crippen molar-refractivity contribution in [3.8, 4) is 23.2 Å². The van der Waals surface area contributed by atoms with Crippen LogP contribution in [-0.2, 0) is 11.3 Å². The summed E-state index contributed by atoms with van der Waals surface area (Å²) in [7, 11) is 0. The number of anilines is 1. The molecule has 154 valence electrons. The number of hydrogen-bond donors (Lipinski definition) is 1. The number of aryl methyl sites for hydroxylation is 1. The van der Waals surface area contributed by atoms with E-state index in [0.29, 0.717) is 22.9 Å². The molecule has 1 heterocycles. The first kappa shape index (κ1) is 21.3. The second kappa shape index (κ2) is 9.85. The highest BCUT2D eigenvalue weighted by Crippen LogP contribution is 2.22. The minimum Gasteiger partial charge on any atom is -0.494 e. The summed E-state index contributed by atoms with van der Waals surface area (Å²) in [5.41, 5.74) is 2.66. The molecule has 0 radical (unpaired) electrons. The van der Waals surface area contributed by atoms with Gasteiger partial charge in [0, 0.05) is 17.8 Å². The van der Waals surface area contributed by atoms with Gasteiger partial charge in [-0.2, -0.15) is 10.4 Å². The van der Waals surface area contributed by atoms with Crippen LogP contribution in [0.2, 0.25) is 0 Å². The number of ether oxygens (including phenoxy) is 1. The van der Waals surface area contributed by atoms with Crippen LogP contribution in [0, 0.1) is 23.0 Å². The molecule has 1 aromatic heterocycles. The van der Waals surface area contributed by atoms with Gasteiger partial charge in [0.05, 0.1) is 19.1 Å². The SMILES string of the molecule is CCOc1ccc(N(CCC#N)C(=O)Cn2c(-c3cccc(C)c3)n[nH]c2=S)cc1. The molecule has 0 saturated heterocycles. The highest BCUT2D eigenvalue weighted by molar-refractivity contribution is 7.71. The zero-order chi connectivity index (χ0) is 21.5. The van der Waals surface area contributed by atoms with E-state index in [0.717, 1.165) is 16.9 Å². The van der Waals surface area contributed by atoms with Crippen LogP contribution in [0.25, 0.3) is 11.4 Å². The number of carbonyl (C=O) groups excluding carboxylic acids is 1. The Morgan fingerprint density at radius 1 is 1.30 bits per heavy atom. The number of nitrogens with zero attached hydrogens (tertiary/aromatic N) is 4. The van der Waals surface area contributed by atoms with E-state index in [9.17, 15) is 4.79 Å². The number of rotatable bonds is 8. The minimum atomic E-state index is -0.180. The van der Waals surface area contributed by atoms with Crippen LogP contribution in [0.4, 0.5) is 5.69 Å². The number of nitrogens with one attached hydrogen (secondary N) is 1. The van der Waals surface area contributed by atoms with E-state index in [-0.39, 0.29) is 25.4 Å². The summed E-state index contributed by atoms with van der Waals surface area (Å²) in [4.78, 5) is 14.8. The highest BCUT2D eigenvalue weighted by atomic mass is 32.1. The summed E-state index contributed by atoms with van der Waals surface area (Å²) in [6.45, 7) is 4.77. The van der Waals surface area contributed by atoms with Crippen LogP contribution in [0.1, 0.15) is 18.9 Å². The quantitative estimate of drug-likeness (QED) is 0.549. The lowest BCUT2D eigenvalue weighted by Gasteiger charge is -2.22. The summed E-state index contributed by atoms with van der Waals surface area (Å²) < 4.78 is 7.52. The number of aromatic nitrogens is 3. The Kier molecular flexibility index (Phi) is 6.99. The van der Waals surface area contributed by atoms with Gasteiger partial charge < -0.3 is 9.64 Å². The minimum absolute atomic E-state index is 0.0112. The van der Waals surface area contributed by atoms with Crippen molar-refractivity contribution in [3.63, 3.8) is 0 Å². The molecule has 0 bridgehead atoms. The van der Waals surface area contributed by atoms with Gasteiger partial charge in [-0.25, -0.2) is 0 Å². The average molecular weight is 422 g/mol. The molecule has 1 amide bonds. The maximum absolute atomic E-state index is 13.2. The van der Waals surface area contributed by atoms with E-state index in [1.54, 1.807) is 9.47 Å². The lowest BCUT2D eigenvalue weighted by Crippen LogP contribution is -2.34. The van der Waals surface area contributed by atoms with Crippen LogP contribution < -0.4 is 9.64 Å². The molecule has 0 aliphatic rings. The molecule has 3 rings (SSSR count). The van der Waals surface area contributed by atoms with Crippen LogP contribution >= 0.6 is 12.2 Å². The number of amides is 1. The van der Waals surface area contributed by atoms with E-state index < -0.39 is 0 Å². The molecule has 1 N–H and O–H groups in total. The van der Waals surface area contributed by atoms with Gasteiger partial charge in [0.2, 0.25) is 5.91 Å². The Morgan fingerprint density at radius 3 is 2.73 bits per heavy atom. The van der Waals surface area contributed by atoms with Crippen LogP contribution in [0.3, 0.4) is 0 Å². The second-order valence-electron chi connectivity index (χ2n) is 6.69. The fourth-order valence-electron chi connectivity index (χ4n) is 3.14. The largest absolute Gasteiger partial charge is 0.494 e. The van der Waals surface area contributed by atoms with Gasteiger partial charge in [-0.05, 0) is 56.4 Å². The van der Waals surface area contributed by atoms with Gasteiger partial charge in [-0.1, -0.05) is 23.8 Å². The van der Waals surface area contributed by atoms with Crippen molar-refractivity contribution in [2.75, 3.05) is 18.1 Å². The first-order valence-electron chi connectivity index (χ1n) is 9.66. The molecule has 8 heteroatoms. The van der Waals surface area contributed by atoms with E-state index in [1.807, 2.05) is 62.4 Å². The van der Waals surface area contributed by atoms with Crippen molar-refractivity contribution in [1.82, 2.24) is 14.8 Å².